The molecule has 0 amide bonds. The Labute approximate surface area is 147 Å². The summed E-state index contributed by atoms with van der Waals surface area (Å²) in [6.07, 6.45) is 2.50. The first kappa shape index (κ1) is 16.9. The molecule has 1 atom stereocenters. The van der Waals surface area contributed by atoms with Gasteiger partial charge in [0, 0.05) is 12.2 Å². The van der Waals surface area contributed by atoms with E-state index in [1.54, 1.807) is 12.1 Å². The summed E-state index contributed by atoms with van der Waals surface area (Å²) in [5.74, 6) is -0.252. The minimum Gasteiger partial charge on any atom is -0.361 e. The van der Waals surface area contributed by atoms with Gasteiger partial charge in [-0.25, -0.2) is 4.39 Å². The van der Waals surface area contributed by atoms with Gasteiger partial charge < -0.3 is 10.6 Å². The van der Waals surface area contributed by atoms with Crippen LogP contribution in [0.2, 0.25) is 0 Å². The molecule has 1 fully saturated rings. The van der Waals surface area contributed by atoms with Crippen LogP contribution in [0.25, 0.3) is 0 Å². The van der Waals surface area contributed by atoms with Gasteiger partial charge in [-0.2, -0.15) is 0 Å². The van der Waals surface area contributed by atoms with E-state index in [1.165, 1.54) is 30.5 Å². The molecule has 1 aliphatic heterocycles. The zero-order valence-electron chi connectivity index (χ0n) is 13.5. The number of hydrogen-bond donors (Lipinski definition) is 2. The van der Waals surface area contributed by atoms with Gasteiger partial charge in [0.2, 0.25) is 0 Å². The average Bonchev–Trinajstić information content (AvgIpc) is 3.12. The van der Waals surface area contributed by atoms with Gasteiger partial charge in [0.1, 0.15) is 5.82 Å². The Morgan fingerprint density at radius 1 is 1.04 bits per heavy atom. The standard InChI is InChI=1S/C19H22FN3S/c20-16-8-10-17(11-9-16)22-19(24)21-14-18(23-12-4-5-13-23)15-6-2-1-3-7-15/h1-3,6-11,18H,4-5,12-14H2,(H2,21,22,24)/t18-/m0/s1. The predicted octanol–water partition coefficient (Wildman–Crippen LogP) is 3.95. The lowest BCUT2D eigenvalue weighted by Crippen LogP contribution is -2.38. The molecule has 1 aliphatic rings. The van der Waals surface area contributed by atoms with E-state index in [4.69, 9.17) is 12.2 Å². The fourth-order valence-corrected chi connectivity index (χ4v) is 3.29. The molecule has 3 rings (SSSR count). The van der Waals surface area contributed by atoms with Crippen LogP contribution in [-0.2, 0) is 0 Å². The molecule has 0 radical (unpaired) electrons. The quantitative estimate of drug-likeness (QED) is 0.804. The smallest absolute Gasteiger partial charge is 0.170 e. The SMILES string of the molecule is Fc1ccc(NC(=S)NC[C@@H](c2ccccc2)N2CCCC2)cc1. The molecule has 1 saturated heterocycles. The lowest BCUT2D eigenvalue weighted by Gasteiger charge is -2.28. The molecule has 3 nitrogen and oxygen atoms in total. The van der Waals surface area contributed by atoms with Gasteiger partial charge in [-0.05, 0) is 68.0 Å². The van der Waals surface area contributed by atoms with Crippen molar-refractivity contribution < 1.29 is 4.39 Å². The maximum atomic E-state index is 13.0. The summed E-state index contributed by atoms with van der Waals surface area (Å²) in [6.45, 7) is 3.00. The summed E-state index contributed by atoms with van der Waals surface area (Å²) in [6, 6.07) is 17.0. The number of rotatable bonds is 5. The second-order valence-electron chi connectivity index (χ2n) is 6.01. The van der Waals surface area contributed by atoms with Crippen molar-refractivity contribution in [1.82, 2.24) is 10.2 Å². The highest BCUT2D eigenvalue weighted by atomic mass is 32.1. The van der Waals surface area contributed by atoms with Gasteiger partial charge >= 0.3 is 0 Å². The molecule has 0 aliphatic carbocycles. The summed E-state index contributed by atoms with van der Waals surface area (Å²) < 4.78 is 13.0. The molecule has 5 heteroatoms. The Morgan fingerprint density at radius 2 is 1.71 bits per heavy atom. The van der Waals surface area contributed by atoms with Crippen LogP contribution in [-0.4, -0.2) is 29.6 Å². The third-order valence-electron chi connectivity index (χ3n) is 4.32. The molecule has 2 aromatic carbocycles. The van der Waals surface area contributed by atoms with Crippen molar-refractivity contribution in [3.8, 4) is 0 Å². The number of thiocarbonyl (C=S) groups is 1. The molecule has 0 aromatic heterocycles. The van der Waals surface area contributed by atoms with Crippen LogP contribution < -0.4 is 10.6 Å². The monoisotopic (exact) mass is 343 g/mol. The highest BCUT2D eigenvalue weighted by molar-refractivity contribution is 7.80. The van der Waals surface area contributed by atoms with Crippen LogP contribution in [0.1, 0.15) is 24.4 Å². The van der Waals surface area contributed by atoms with Crippen LogP contribution >= 0.6 is 12.2 Å². The second kappa shape index (κ2) is 8.22. The highest BCUT2D eigenvalue weighted by Crippen LogP contribution is 2.24. The van der Waals surface area contributed by atoms with E-state index in [0.29, 0.717) is 11.2 Å². The Hall–Kier alpha value is -1.98. The topological polar surface area (TPSA) is 27.3 Å². The number of nitrogens with zero attached hydrogens (tertiary/aromatic N) is 1. The number of halogens is 1. The van der Waals surface area contributed by atoms with Crippen molar-refractivity contribution in [3.63, 3.8) is 0 Å². The average molecular weight is 343 g/mol. The van der Waals surface area contributed by atoms with E-state index in [1.807, 2.05) is 6.07 Å². The summed E-state index contributed by atoms with van der Waals surface area (Å²) in [4.78, 5) is 2.50. The molecular formula is C19H22FN3S. The van der Waals surface area contributed by atoms with Gasteiger partial charge in [-0.1, -0.05) is 30.3 Å². The first-order valence-electron chi connectivity index (χ1n) is 8.32. The van der Waals surface area contributed by atoms with E-state index in [0.717, 1.165) is 25.3 Å². The summed E-state index contributed by atoms with van der Waals surface area (Å²) >= 11 is 5.38. The highest BCUT2D eigenvalue weighted by Gasteiger charge is 2.23. The second-order valence-corrected chi connectivity index (χ2v) is 6.42. The van der Waals surface area contributed by atoms with E-state index >= 15 is 0 Å². The molecule has 126 valence electrons. The van der Waals surface area contributed by atoms with Gasteiger partial charge in [-0.3, -0.25) is 4.90 Å². The van der Waals surface area contributed by atoms with Gasteiger partial charge in [0.05, 0.1) is 6.04 Å². The maximum absolute atomic E-state index is 13.0. The van der Waals surface area contributed by atoms with E-state index in [2.05, 4.69) is 39.8 Å². The molecule has 0 unspecified atom stereocenters. The van der Waals surface area contributed by atoms with Gasteiger partial charge in [0.15, 0.2) is 5.11 Å². The molecule has 0 spiro atoms. The largest absolute Gasteiger partial charge is 0.361 e. The number of anilines is 1. The van der Waals surface area contributed by atoms with Crippen molar-refractivity contribution in [2.75, 3.05) is 25.0 Å². The van der Waals surface area contributed by atoms with Crippen LogP contribution in [0.15, 0.2) is 54.6 Å². The third-order valence-corrected chi connectivity index (χ3v) is 4.57. The molecule has 24 heavy (non-hydrogen) atoms. The van der Waals surface area contributed by atoms with Crippen LogP contribution in [0.5, 0.6) is 0 Å². The molecule has 2 aromatic rings. The third kappa shape index (κ3) is 4.52. The van der Waals surface area contributed by atoms with Crippen molar-refractivity contribution in [1.29, 1.82) is 0 Å². The number of hydrogen-bond acceptors (Lipinski definition) is 2. The van der Waals surface area contributed by atoms with Crippen molar-refractivity contribution in [2.24, 2.45) is 0 Å². The van der Waals surface area contributed by atoms with Crippen LogP contribution in [0.4, 0.5) is 10.1 Å². The molecule has 0 saturated carbocycles. The minimum atomic E-state index is -0.252. The van der Waals surface area contributed by atoms with E-state index in [-0.39, 0.29) is 5.82 Å². The zero-order valence-corrected chi connectivity index (χ0v) is 14.4. The maximum Gasteiger partial charge on any atom is 0.170 e. The Morgan fingerprint density at radius 3 is 2.38 bits per heavy atom. The Bertz CT molecular complexity index is 654. The van der Waals surface area contributed by atoms with Crippen LogP contribution in [0.3, 0.4) is 0 Å². The summed E-state index contributed by atoms with van der Waals surface area (Å²) in [5, 5.41) is 6.96. The van der Waals surface area contributed by atoms with Crippen molar-refractivity contribution in [3.05, 3.63) is 66.0 Å². The molecular weight excluding hydrogens is 321 g/mol. The normalized spacial score (nSPS) is 15.9. The summed E-state index contributed by atoms with van der Waals surface area (Å²) in [5.41, 5.74) is 2.09. The number of likely N-dealkylation sites (tertiary alicyclic amines) is 1. The predicted molar refractivity (Wildman–Crippen MR) is 101 cm³/mol. The van der Waals surface area contributed by atoms with E-state index < -0.39 is 0 Å². The fraction of sp³-hybridized carbons (Fsp3) is 0.316. The lowest BCUT2D eigenvalue weighted by atomic mass is 10.1. The minimum absolute atomic E-state index is 0.252. The Balaban J connectivity index is 1.60. The number of benzene rings is 2. The summed E-state index contributed by atoms with van der Waals surface area (Å²) in [7, 11) is 0. The number of nitrogens with one attached hydrogen (secondary N) is 2. The first-order chi connectivity index (χ1) is 11.7. The molecule has 2 N–H and O–H groups in total. The van der Waals surface area contributed by atoms with Gasteiger partial charge in [0.25, 0.3) is 0 Å². The molecule has 1 heterocycles. The lowest BCUT2D eigenvalue weighted by molar-refractivity contribution is 0.246. The zero-order chi connectivity index (χ0) is 16.8. The van der Waals surface area contributed by atoms with Crippen molar-refractivity contribution in [2.45, 2.75) is 18.9 Å². The van der Waals surface area contributed by atoms with Gasteiger partial charge in [-0.15, -0.1) is 0 Å². The van der Waals surface area contributed by atoms with Crippen LogP contribution in [0, 0.1) is 5.82 Å². The van der Waals surface area contributed by atoms with Crippen molar-refractivity contribution >= 4 is 23.0 Å². The fourth-order valence-electron chi connectivity index (χ4n) is 3.08. The Kier molecular flexibility index (Phi) is 5.77. The van der Waals surface area contributed by atoms with E-state index in [9.17, 15) is 4.39 Å². The first-order valence-corrected chi connectivity index (χ1v) is 8.72. The molecule has 0 bridgehead atoms.